The zero-order chi connectivity index (χ0) is 13.7. The van der Waals surface area contributed by atoms with Crippen molar-refractivity contribution in [3.8, 4) is 11.5 Å². The lowest BCUT2D eigenvalue weighted by molar-refractivity contribution is 0.217. The fourth-order valence-corrected chi connectivity index (χ4v) is 1.73. The van der Waals surface area contributed by atoms with Crippen molar-refractivity contribution >= 4 is 5.69 Å². The number of rotatable bonds is 5. The molecule has 0 heterocycles. The second-order valence-electron chi connectivity index (χ2n) is 4.52. The van der Waals surface area contributed by atoms with Crippen LogP contribution in [0.2, 0.25) is 0 Å². The minimum absolute atomic E-state index is 0.496. The van der Waals surface area contributed by atoms with Gasteiger partial charge in [0, 0.05) is 11.8 Å². The summed E-state index contributed by atoms with van der Waals surface area (Å²) in [7, 11) is 0. The molecule has 19 heavy (non-hydrogen) atoms. The maximum atomic E-state index is 5.67. The second kappa shape index (κ2) is 6.14. The molecule has 0 saturated carbocycles. The molecule has 0 aliphatic heterocycles. The van der Waals surface area contributed by atoms with Gasteiger partial charge in [0.05, 0.1) is 0 Å². The zero-order valence-corrected chi connectivity index (χ0v) is 11.3. The van der Waals surface area contributed by atoms with Gasteiger partial charge in [-0.15, -0.1) is 0 Å². The van der Waals surface area contributed by atoms with Crippen molar-refractivity contribution in [1.82, 2.24) is 0 Å². The van der Waals surface area contributed by atoms with Crippen molar-refractivity contribution in [2.75, 3.05) is 18.9 Å². The summed E-state index contributed by atoms with van der Waals surface area (Å²) in [5.74, 6) is 1.64. The van der Waals surface area contributed by atoms with Crippen molar-refractivity contribution in [2.45, 2.75) is 13.8 Å². The van der Waals surface area contributed by atoms with Gasteiger partial charge in [-0.2, -0.15) is 0 Å². The van der Waals surface area contributed by atoms with E-state index in [2.05, 4.69) is 19.9 Å². The molecule has 0 atom stereocenters. The normalized spacial score (nSPS) is 10.2. The number of aryl methyl sites for hydroxylation is 2. The van der Waals surface area contributed by atoms with E-state index in [1.54, 1.807) is 6.07 Å². The van der Waals surface area contributed by atoms with E-state index >= 15 is 0 Å². The van der Waals surface area contributed by atoms with E-state index in [0.717, 1.165) is 11.5 Å². The maximum absolute atomic E-state index is 5.67. The zero-order valence-electron chi connectivity index (χ0n) is 11.3. The monoisotopic (exact) mass is 257 g/mol. The number of hydrogen-bond donors (Lipinski definition) is 1. The van der Waals surface area contributed by atoms with Gasteiger partial charge in [-0.1, -0.05) is 12.1 Å². The lowest BCUT2D eigenvalue weighted by atomic mass is 10.1. The molecule has 2 N–H and O–H groups in total. The Kier molecular flexibility index (Phi) is 4.29. The molecule has 0 aliphatic carbocycles. The topological polar surface area (TPSA) is 44.5 Å². The van der Waals surface area contributed by atoms with Crippen molar-refractivity contribution in [2.24, 2.45) is 0 Å². The number of hydrogen-bond acceptors (Lipinski definition) is 3. The van der Waals surface area contributed by atoms with Crippen molar-refractivity contribution in [3.63, 3.8) is 0 Å². The van der Waals surface area contributed by atoms with E-state index in [0.29, 0.717) is 18.9 Å². The molecule has 0 radical (unpaired) electrons. The fraction of sp³-hybridized carbons (Fsp3) is 0.250. The Balaban J connectivity index is 1.79. The molecule has 0 spiro atoms. The van der Waals surface area contributed by atoms with Crippen LogP contribution in [-0.2, 0) is 0 Å². The van der Waals surface area contributed by atoms with Gasteiger partial charge in [0.1, 0.15) is 24.7 Å². The van der Waals surface area contributed by atoms with Crippen LogP contribution in [0.3, 0.4) is 0 Å². The summed E-state index contributed by atoms with van der Waals surface area (Å²) in [6.07, 6.45) is 0. The summed E-state index contributed by atoms with van der Waals surface area (Å²) in [6, 6.07) is 13.5. The van der Waals surface area contributed by atoms with Gasteiger partial charge < -0.3 is 15.2 Å². The number of benzene rings is 2. The van der Waals surface area contributed by atoms with Crippen LogP contribution < -0.4 is 15.2 Å². The van der Waals surface area contributed by atoms with Gasteiger partial charge in [-0.3, -0.25) is 0 Å². The third-order valence-corrected chi connectivity index (χ3v) is 2.96. The Bertz CT molecular complexity index is 552. The van der Waals surface area contributed by atoms with E-state index < -0.39 is 0 Å². The van der Waals surface area contributed by atoms with E-state index in [-0.39, 0.29) is 0 Å². The molecule has 3 nitrogen and oxygen atoms in total. The number of nitrogen functional groups attached to an aromatic ring is 1. The molecular weight excluding hydrogens is 238 g/mol. The standard InChI is InChI=1S/C16H19NO2/c1-12-6-7-16(10-13(12)2)19-9-8-18-15-5-3-4-14(17)11-15/h3-7,10-11H,8-9,17H2,1-2H3. The largest absolute Gasteiger partial charge is 0.490 e. The lowest BCUT2D eigenvalue weighted by Crippen LogP contribution is -2.09. The number of nitrogens with two attached hydrogens (primary N) is 1. The van der Waals surface area contributed by atoms with Crippen LogP contribution in [0.1, 0.15) is 11.1 Å². The molecular formula is C16H19NO2. The minimum Gasteiger partial charge on any atom is -0.490 e. The average molecular weight is 257 g/mol. The summed E-state index contributed by atoms with van der Waals surface area (Å²) in [5, 5.41) is 0. The fourth-order valence-electron chi connectivity index (χ4n) is 1.73. The molecule has 2 aromatic carbocycles. The molecule has 3 heteroatoms. The predicted molar refractivity (Wildman–Crippen MR) is 77.8 cm³/mol. The van der Waals surface area contributed by atoms with Gasteiger partial charge in [-0.25, -0.2) is 0 Å². The maximum Gasteiger partial charge on any atom is 0.122 e. The average Bonchev–Trinajstić information content (AvgIpc) is 2.39. The molecule has 0 fully saturated rings. The molecule has 100 valence electrons. The van der Waals surface area contributed by atoms with Crippen LogP contribution >= 0.6 is 0 Å². The van der Waals surface area contributed by atoms with Gasteiger partial charge in [0.2, 0.25) is 0 Å². The first-order chi connectivity index (χ1) is 9.15. The SMILES string of the molecule is Cc1ccc(OCCOc2cccc(N)c2)cc1C. The Morgan fingerprint density at radius 1 is 0.842 bits per heavy atom. The molecule has 0 aromatic heterocycles. The molecule has 0 aliphatic rings. The first kappa shape index (κ1) is 13.3. The van der Waals surface area contributed by atoms with E-state index in [1.165, 1.54) is 11.1 Å². The summed E-state index contributed by atoms with van der Waals surface area (Å²) >= 11 is 0. The molecule has 0 bridgehead atoms. The molecule has 0 amide bonds. The Labute approximate surface area is 114 Å². The first-order valence-corrected chi connectivity index (χ1v) is 6.33. The van der Waals surface area contributed by atoms with Crippen LogP contribution in [0.5, 0.6) is 11.5 Å². The lowest BCUT2D eigenvalue weighted by Gasteiger charge is -2.10. The van der Waals surface area contributed by atoms with Crippen LogP contribution in [0.15, 0.2) is 42.5 Å². The van der Waals surface area contributed by atoms with Gasteiger partial charge in [0.15, 0.2) is 0 Å². The van der Waals surface area contributed by atoms with Gasteiger partial charge >= 0.3 is 0 Å². The minimum atomic E-state index is 0.496. The quantitative estimate of drug-likeness (QED) is 0.660. The number of ether oxygens (including phenoxy) is 2. The van der Waals surface area contributed by atoms with Crippen LogP contribution in [-0.4, -0.2) is 13.2 Å². The summed E-state index contributed by atoms with van der Waals surface area (Å²) in [6.45, 7) is 5.17. The second-order valence-corrected chi connectivity index (χ2v) is 4.52. The highest BCUT2D eigenvalue weighted by Crippen LogP contribution is 2.17. The van der Waals surface area contributed by atoms with Crippen molar-refractivity contribution in [1.29, 1.82) is 0 Å². The van der Waals surface area contributed by atoms with E-state index in [4.69, 9.17) is 15.2 Å². The summed E-state index contributed by atoms with van der Waals surface area (Å²) in [5.41, 5.74) is 8.87. The van der Waals surface area contributed by atoms with Crippen LogP contribution in [0, 0.1) is 13.8 Å². The highest BCUT2D eigenvalue weighted by molar-refractivity contribution is 5.43. The number of anilines is 1. The summed E-state index contributed by atoms with van der Waals surface area (Å²) in [4.78, 5) is 0. The third kappa shape index (κ3) is 3.91. The molecule has 2 rings (SSSR count). The summed E-state index contributed by atoms with van der Waals surface area (Å²) < 4.78 is 11.2. The van der Waals surface area contributed by atoms with E-state index in [9.17, 15) is 0 Å². The van der Waals surface area contributed by atoms with Crippen molar-refractivity contribution < 1.29 is 9.47 Å². The first-order valence-electron chi connectivity index (χ1n) is 6.33. The van der Waals surface area contributed by atoms with Gasteiger partial charge in [0.25, 0.3) is 0 Å². The molecule has 0 saturated heterocycles. The van der Waals surface area contributed by atoms with Crippen molar-refractivity contribution in [3.05, 3.63) is 53.6 Å². The molecule has 0 unspecified atom stereocenters. The Morgan fingerprint density at radius 3 is 2.16 bits per heavy atom. The Morgan fingerprint density at radius 2 is 1.53 bits per heavy atom. The highest BCUT2D eigenvalue weighted by Gasteiger charge is 1.98. The predicted octanol–water partition coefficient (Wildman–Crippen LogP) is 3.34. The smallest absolute Gasteiger partial charge is 0.122 e. The third-order valence-electron chi connectivity index (χ3n) is 2.96. The Hall–Kier alpha value is -2.16. The van der Waals surface area contributed by atoms with E-state index in [1.807, 2.05) is 30.3 Å². The van der Waals surface area contributed by atoms with Gasteiger partial charge in [-0.05, 0) is 49.2 Å². The van der Waals surface area contributed by atoms with Crippen LogP contribution in [0.25, 0.3) is 0 Å². The highest BCUT2D eigenvalue weighted by atomic mass is 16.5. The van der Waals surface area contributed by atoms with Crippen LogP contribution in [0.4, 0.5) is 5.69 Å². The molecule has 2 aromatic rings.